The van der Waals surface area contributed by atoms with Crippen LogP contribution in [0.25, 0.3) is 16.7 Å². The van der Waals surface area contributed by atoms with Crippen molar-refractivity contribution in [3.63, 3.8) is 0 Å². The topological polar surface area (TPSA) is 74.3 Å². The largest absolute Gasteiger partial charge is 0.426 e. The van der Waals surface area contributed by atoms with E-state index in [2.05, 4.69) is 5.10 Å². The van der Waals surface area contributed by atoms with Crippen molar-refractivity contribution in [3.8, 4) is 11.4 Å². The Labute approximate surface area is 167 Å². The van der Waals surface area contributed by atoms with Crippen molar-refractivity contribution in [2.45, 2.75) is 26.7 Å². The fourth-order valence-corrected chi connectivity index (χ4v) is 3.26. The lowest BCUT2D eigenvalue weighted by molar-refractivity contribution is -0.133. The Morgan fingerprint density at radius 3 is 2.72 bits per heavy atom. The second-order valence-electron chi connectivity index (χ2n) is 6.84. The normalized spacial score (nSPS) is 11.0. The van der Waals surface area contributed by atoms with Gasteiger partial charge >= 0.3 is 11.6 Å². The highest BCUT2D eigenvalue weighted by atomic mass is 16.5. The van der Waals surface area contributed by atoms with Crippen molar-refractivity contribution < 1.29 is 13.9 Å². The third-order valence-electron chi connectivity index (χ3n) is 4.74. The van der Waals surface area contributed by atoms with Crippen molar-refractivity contribution in [2.24, 2.45) is 0 Å². The van der Waals surface area contributed by atoms with Crippen molar-refractivity contribution >= 4 is 16.9 Å². The molecule has 0 bridgehead atoms. The number of fused-ring (bicyclic) bond motifs is 1. The molecule has 29 heavy (non-hydrogen) atoms. The van der Waals surface area contributed by atoms with Gasteiger partial charge in [-0.3, -0.25) is 4.79 Å². The molecule has 0 radical (unpaired) electrons. The van der Waals surface area contributed by atoms with Crippen LogP contribution < -0.4 is 10.4 Å². The third kappa shape index (κ3) is 3.96. The van der Waals surface area contributed by atoms with Crippen LogP contribution in [0.15, 0.2) is 70.1 Å². The van der Waals surface area contributed by atoms with Gasteiger partial charge in [0.1, 0.15) is 11.3 Å². The van der Waals surface area contributed by atoms with E-state index in [0.717, 1.165) is 27.8 Å². The summed E-state index contributed by atoms with van der Waals surface area (Å²) >= 11 is 0. The summed E-state index contributed by atoms with van der Waals surface area (Å²) in [6.07, 6.45) is 4.23. The van der Waals surface area contributed by atoms with Crippen molar-refractivity contribution in [1.82, 2.24) is 9.78 Å². The van der Waals surface area contributed by atoms with Gasteiger partial charge in [-0.05, 0) is 42.7 Å². The molecule has 0 aliphatic rings. The number of carbonyl (C=O) groups excluding carboxylic acids is 1. The van der Waals surface area contributed by atoms with Crippen LogP contribution >= 0.6 is 0 Å². The van der Waals surface area contributed by atoms with Crippen molar-refractivity contribution in [3.05, 3.63) is 88.0 Å². The van der Waals surface area contributed by atoms with Gasteiger partial charge in [-0.1, -0.05) is 25.1 Å². The third-order valence-corrected chi connectivity index (χ3v) is 4.74. The summed E-state index contributed by atoms with van der Waals surface area (Å²) in [6.45, 7) is 3.84. The molecule has 0 N–H and O–H groups in total. The molecule has 0 fully saturated rings. The second-order valence-corrected chi connectivity index (χ2v) is 6.84. The molecule has 0 amide bonds. The maximum absolute atomic E-state index is 12.5. The highest BCUT2D eigenvalue weighted by Gasteiger charge is 2.14. The molecule has 146 valence electrons. The van der Waals surface area contributed by atoms with Crippen LogP contribution in [0.1, 0.15) is 23.6 Å². The average molecular weight is 388 g/mol. The maximum Gasteiger partial charge on any atom is 0.336 e. The lowest BCUT2D eigenvalue weighted by Gasteiger charge is -2.11. The van der Waals surface area contributed by atoms with E-state index in [9.17, 15) is 9.59 Å². The fraction of sp³-hybridized carbons (Fsp3) is 0.174. The first-order valence-corrected chi connectivity index (χ1v) is 9.40. The number of nitrogens with zero attached hydrogens (tertiary/aromatic N) is 2. The minimum atomic E-state index is -0.426. The molecule has 0 saturated heterocycles. The maximum atomic E-state index is 12.5. The summed E-state index contributed by atoms with van der Waals surface area (Å²) in [5.74, 6) is 0.0101. The zero-order valence-electron chi connectivity index (χ0n) is 16.2. The Balaban J connectivity index is 1.56. The molecule has 2 heterocycles. The number of hydrogen-bond acceptors (Lipinski definition) is 5. The minimum Gasteiger partial charge on any atom is -0.426 e. The van der Waals surface area contributed by atoms with Gasteiger partial charge in [0.25, 0.3) is 0 Å². The van der Waals surface area contributed by atoms with Gasteiger partial charge in [-0.15, -0.1) is 0 Å². The van der Waals surface area contributed by atoms with E-state index in [-0.39, 0.29) is 6.42 Å². The lowest BCUT2D eigenvalue weighted by atomic mass is 10.1. The molecular weight excluding hydrogens is 368 g/mol. The van der Waals surface area contributed by atoms with Crippen molar-refractivity contribution in [1.29, 1.82) is 0 Å². The molecule has 4 aromatic rings. The lowest BCUT2D eigenvalue weighted by Crippen LogP contribution is -2.12. The van der Waals surface area contributed by atoms with Gasteiger partial charge in [0.2, 0.25) is 0 Å². The van der Waals surface area contributed by atoms with Crippen LogP contribution in [-0.2, 0) is 17.6 Å². The van der Waals surface area contributed by atoms with Crippen LogP contribution in [0.3, 0.4) is 0 Å². The molecule has 2 aromatic heterocycles. The fourth-order valence-electron chi connectivity index (χ4n) is 3.26. The molecule has 0 aliphatic carbocycles. The quantitative estimate of drug-likeness (QED) is 0.293. The van der Waals surface area contributed by atoms with Gasteiger partial charge in [-0.2, -0.15) is 5.10 Å². The van der Waals surface area contributed by atoms with Crippen LogP contribution in [0, 0.1) is 6.92 Å². The van der Waals surface area contributed by atoms with Gasteiger partial charge in [0, 0.05) is 29.3 Å². The van der Waals surface area contributed by atoms with E-state index >= 15 is 0 Å². The molecular formula is C23H20N2O4. The Kier molecular flexibility index (Phi) is 4.99. The zero-order chi connectivity index (χ0) is 20.4. The molecule has 0 saturated carbocycles. The summed E-state index contributed by atoms with van der Waals surface area (Å²) < 4.78 is 12.6. The molecule has 0 aliphatic heterocycles. The zero-order valence-corrected chi connectivity index (χ0v) is 16.2. The van der Waals surface area contributed by atoms with Gasteiger partial charge in [0.05, 0.1) is 18.3 Å². The number of ether oxygens (including phenoxy) is 1. The van der Waals surface area contributed by atoms with E-state index < -0.39 is 11.6 Å². The smallest absolute Gasteiger partial charge is 0.336 e. The Morgan fingerprint density at radius 1 is 1.17 bits per heavy atom. The first-order chi connectivity index (χ1) is 14.0. The van der Waals surface area contributed by atoms with Crippen LogP contribution in [-0.4, -0.2) is 15.7 Å². The molecule has 0 spiro atoms. The number of aryl methyl sites for hydroxylation is 2. The number of aromatic nitrogens is 2. The average Bonchev–Trinajstić information content (AvgIpc) is 3.16. The summed E-state index contributed by atoms with van der Waals surface area (Å²) in [4.78, 5) is 24.2. The molecule has 2 aromatic carbocycles. The summed E-state index contributed by atoms with van der Waals surface area (Å²) in [5.41, 5.74) is 3.36. The van der Waals surface area contributed by atoms with Crippen molar-refractivity contribution in [2.75, 3.05) is 0 Å². The van der Waals surface area contributed by atoms with Crippen LogP contribution in [0.4, 0.5) is 0 Å². The number of esters is 1. The first-order valence-electron chi connectivity index (χ1n) is 9.40. The van der Waals surface area contributed by atoms with Crippen LogP contribution in [0.5, 0.6) is 5.75 Å². The molecule has 4 rings (SSSR count). The second kappa shape index (κ2) is 7.75. The Hall–Kier alpha value is -3.67. The number of hydrogen-bond donors (Lipinski definition) is 0. The molecule has 0 unspecified atom stereocenters. The molecule has 6 nitrogen and oxygen atoms in total. The highest BCUT2D eigenvalue weighted by Crippen LogP contribution is 2.28. The van der Waals surface area contributed by atoms with E-state index in [4.69, 9.17) is 9.15 Å². The minimum absolute atomic E-state index is 0.0891. The van der Waals surface area contributed by atoms with E-state index in [1.54, 1.807) is 23.1 Å². The predicted molar refractivity (Wildman–Crippen MR) is 110 cm³/mol. The van der Waals surface area contributed by atoms with E-state index in [0.29, 0.717) is 17.8 Å². The highest BCUT2D eigenvalue weighted by molar-refractivity contribution is 5.84. The number of carbonyl (C=O) groups is 1. The van der Waals surface area contributed by atoms with Crippen LogP contribution in [0.2, 0.25) is 0 Å². The summed E-state index contributed by atoms with van der Waals surface area (Å²) in [5, 5.41) is 5.14. The SMILES string of the molecule is CCc1cc2c(C)cc(=O)oc2cc1OC(=O)Cc1cnn(-c2ccccc2)c1. The van der Waals surface area contributed by atoms with E-state index in [1.165, 1.54) is 6.07 Å². The standard InChI is InChI=1S/C23H20N2O4/c1-3-17-11-19-15(2)9-22(26)29-21(19)12-20(17)28-23(27)10-16-13-24-25(14-16)18-7-5-4-6-8-18/h4-9,11-14H,3,10H2,1-2H3. The number of para-hydroxylation sites is 1. The number of rotatable bonds is 5. The Bertz CT molecular complexity index is 1240. The molecule has 0 atom stereocenters. The predicted octanol–water partition coefficient (Wildman–Crippen LogP) is 4.00. The van der Waals surface area contributed by atoms with E-state index in [1.807, 2.05) is 50.2 Å². The monoisotopic (exact) mass is 388 g/mol. The summed E-state index contributed by atoms with van der Waals surface area (Å²) in [6, 6.07) is 14.6. The van der Waals surface area contributed by atoms with Gasteiger partial charge < -0.3 is 9.15 Å². The Morgan fingerprint density at radius 2 is 1.97 bits per heavy atom. The first kappa shape index (κ1) is 18.7. The summed E-state index contributed by atoms with van der Waals surface area (Å²) in [7, 11) is 0. The van der Waals surface area contributed by atoms with Gasteiger partial charge in [-0.25, -0.2) is 9.48 Å². The molecule has 6 heteroatoms. The van der Waals surface area contributed by atoms with Gasteiger partial charge in [0.15, 0.2) is 0 Å². The number of benzene rings is 2.